The van der Waals surface area contributed by atoms with Crippen molar-refractivity contribution >= 4 is 11.6 Å². The van der Waals surface area contributed by atoms with Crippen LogP contribution in [0, 0.1) is 13.8 Å². The van der Waals surface area contributed by atoms with Gasteiger partial charge in [-0.2, -0.15) is 0 Å². The number of amides is 1. The molecule has 4 rings (SSSR count). The minimum atomic E-state index is 0.0525. The summed E-state index contributed by atoms with van der Waals surface area (Å²) in [6.45, 7) is 7.19. The molecule has 0 radical (unpaired) electrons. The summed E-state index contributed by atoms with van der Waals surface area (Å²) in [4.78, 5) is 21.1. The van der Waals surface area contributed by atoms with Crippen LogP contribution in [0.15, 0.2) is 53.3 Å². The zero-order chi connectivity index (χ0) is 20.2. The summed E-state index contributed by atoms with van der Waals surface area (Å²) in [6, 6.07) is 11.3. The van der Waals surface area contributed by atoms with E-state index >= 15 is 0 Å². The Labute approximate surface area is 169 Å². The van der Waals surface area contributed by atoms with Crippen LogP contribution in [-0.4, -0.2) is 47.1 Å². The summed E-state index contributed by atoms with van der Waals surface area (Å²) in [5.74, 6) is 1.53. The lowest BCUT2D eigenvalue weighted by molar-refractivity contribution is 0.0746. The highest BCUT2D eigenvalue weighted by atomic mass is 16.5. The number of aryl methyl sites for hydroxylation is 2. The maximum Gasteiger partial charge on any atom is 0.253 e. The van der Waals surface area contributed by atoms with Crippen LogP contribution >= 0.6 is 0 Å². The number of hydrogen-bond acceptors (Lipinski definition) is 6. The van der Waals surface area contributed by atoms with Crippen LogP contribution in [0.5, 0.6) is 5.75 Å². The maximum atomic E-state index is 12.8. The molecule has 7 nitrogen and oxygen atoms in total. The molecule has 0 unspecified atom stereocenters. The maximum absolute atomic E-state index is 12.8. The Kier molecular flexibility index (Phi) is 5.46. The van der Waals surface area contributed by atoms with Crippen LogP contribution in [0.25, 0.3) is 0 Å². The fourth-order valence-electron chi connectivity index (χ4n) is 3.46. The van der Waals surface area contributed by atoms with Crippen LogP contribution in [0.4, 0.5) is 5.69 Å². The molecular weight excluding hydrogens is 368 g/mol. The van der Waals surface area contributed by atoms with Crippen molar-refractivity contribution in [3.63, 3.8) is 0 Å². The number of ether oxygens (including phenoxy) is 1. The van der Waals surface area contributed by atoms with E-state index in [1.165, 1.54) is 0 Å². The molecule has 1 amide bonds. The number of carbonyl (C=O) groups is 1. The second-order valence-electron chi connectivity index (χ2n) is 7.10. The predicted octanol–water partition coefficient (Wildman–Crippen LogP) is 3.23. The third-order valence-corrected chi connectivity index (χ3v) is 5.26. The molecule has 1 aromatic carbocycles. The van der Waals surface area contributed by atoms with Gasteiger partial charge in [-0.25, -0.2) is 0 Å². The van der Waals surface area contributed by atoms with Gasteiger partial charge in [0.1, 0.15) is 18.1 Å². The zero-order valence-corrected chi connectivity index (χ0v) is 16.7. The first kappa shape index (κ1) is 19.0. The first-order chi connectivity index (χ1) is 14.1. The summed E-state index contributed by atoms with van der Waals surface area (Å²) < 4.78 is 11.0. The number of anilines is 1. The molecule has 1 aliphatic rings. The van der Waals surface area contributed by atoms with Gasteiger partial charge in [0.05, 0.1) is 11.3 Å². The van der Waals surface area contributed by atoms with Gasteiger partial charge >= 0.3 is 0 Å². The molecule has 0 N–H and O–H groups in total. The molecule has 0 spiro atoms. The number of pyridine rings is 1. The van der Waals surface area contributed by atoms with Crippen LogP contribution in [0.2, 0.25) is 0 Å². The van der Waals surface area contributed by atoms with Crippen LogP contribution < -0.4 is 9.64 Å². The molecule has 150 valence electrons. The quantitative estimate of drug-likeness (QED) is 0.664. The van der Waals surface area contributed by atoms with E-state index < -0.39 is 0 Å². The molecule has 29 heavy (non-hydrogen) atoms. The number of benzene rings is 1. The minimum absolute atomic E-state index is 0.0525. The summed E-state index contributed by atoms with van der Waals surface area (Å²) >= 11 is 0. The highest BCUT2D eigenvalue weighted by Gasteiger charge is 2.22. The van der Waals surface area contributed by atoms with Crippen molar-refractivity contribution in [2.24, 2.45) is 0 Å². The van der Waals surface area contributed by atoms with Crippen molar-refractivity contribution in [2.75, 3.05) is 31.1 Å². The zero-order valence-electron chi connectivity index (χ0n) is 16.7. The van der Waals surface area contributed by atoms with Gasteiger partial charge < -0.3 is 19.1 Å². The van der Waals surface area contributed by atoms with Crippen molar-refractivity contribution in [1.82, 2.24) is 15.0 Å². The average Bonchev–Trinajstić information content (AvgIpc) is 3.10. The van der Waals surface area contributed by atoms with E-state index in [-0.39, 0.29) is 5.91 Å². The van der Waals surface area contributed by atoms with E-state index in [1.54, 1.807) is 12.4 Å². The van der Waals surface area contributed by atoms with Gasteiger partial charge in [0, 0.05) is 49.8 Å². The van der Waals surface area contributed by atoms with Gasteiger partial charge in [0.25, 0.3) is 5.91 Å². The smallest absolute Gasteiger partial charge is 0.253 e. The normalized spacial score (nSPS) is 14.1. The lowest BCUT2D eigenvalue weighted by Crippen LogP contribution is -2.48. The number of hydrogen-bond donors (Lipinski definition) is 0. The van der Waals surface area contributed by atoms with Gasteiger partial charge in [0.15, 0.2) is 0 Å². The average molecular weight is 392 g/mol. The van der Waals surface area contributed by atoms with Crippen molar-refractivity contribution < 1.29 is 14.1 Å². The molecule has 0 bridgehead atoms. The number of aromatic nitrogens is 2. The number of rotatable bonds is 5. The number of carbonyl (C=O) groups excluding carboxylic acids is 1. The summed E-state index contributed by atoms with van der Waals surface area (Å²) in [5, 5.41) is 3.93. The van der Waals surface area contributed by atoms with Gasteiger partial charge in [-0.05, 0) is 50.2 Å². The topological polar surface area (TPSA) is 71.7 Å². The van der Waals surface area contributed by atoms with Gasteiger partial charge in [0.2, 0.25) is 0 Å². The van der Waals surface area contributed by atoms with E-state index in [9.17, 15) is 4.79 Å². The molecule has 1 saturated heterocycles. The van der Waals surface area contributed by atoms with E-state index in [0.717, 1.165) is 35.8 Å². The first-order valence-corrected chi connectivity index (χ1v) is 9.70. The summed E-state index contributed by atoms with van der Waals surface area (Å²) in [6.07, 6.45) is 3.59. The van der Waals surface area contributed by atoms with E-state index in [0.29, 0.717) is 31.0 Å². The molecule has 0 saturated carbocycles. The Bertz CT molecular complexity index is 942. The first-order valence-electron chi connectivity index (χ1n) is 9.70. The molecule has 1 aliphatic heterocycles. The van der Waals surface area contributed by atoms with Crippen molar-refractivity contribution in [3.05, 3.63) is 71.4 Å². The summed E-state index contributed by atoms with van der Waals surface area (Å²) in [5.41, 5.74) is 3.61. The van der Waals surface area contributed by atoms with Crippen LogP contribution in [-0.2, 0) is 6.61 Å². The number of piperazine rings is 1. The minimum Gasteiger partial charge on any atom is -0.489 e. The van der Waals surface area contributed by atoms with Crippen molar-refractivity contribution in [1.29, 1.82) is 0 Å². The summed E-state index contributed by atoms with van der Waals surface area (Å²) in [7, 11) is 0. The molecule has 3 aromatic rings. The second-order valence-corrected chi connectivity index (χ2v) is 7.10. The Morgan fingerprint density at radius 3 is 2.34 bits per heavy atom. The van der Waals surface area contributed by atoms with Gasteiger partial charge in [-0.15, -0.1) is 0 Å². The van der Waals surface area contributed by atoms with Crippen molar-refractivity contribution in [2.45, 2.75) is 20.5 Å². The van der Waals surface area contributed by atoms with E-state index in [2.05, 4.69) is 15.0 Å². The van der Waals surface area contributed by atoms with E-state index in [4.69, 9.17) is 9.26 Å². The molecule has 7 heteroatoms. The Morgan fingerprint density at radius 2 is 1.72 bits per heavy atom. The standard InChI is InChI=1S/C22H24N4O3/c1-16-21(17(2)29-24-16)15-28-20-5-3-18(4-6-20)22(27)26-13-11-25(12-14-26)19-7-9-23-10-8-19/h3-10H,11-15H2,1-2H3. The Balaban J connectivity index is 1.33. The molecule has 0 aliphatic carbocycles. The molecule has 2 aromatic heterocycles. The fraction of sp³-hybridized carbons (Fsp3) is 0.318. The fourth-order valence-corrected chi connectivity index (χ4v) is 3.46. The molecule has 0 atom stereocenters. The van der Waals surface area contributed by atoms with Crippen LogP contribution in [0.1, 0.15) is 27.4 Å². The van der Waals surface area contributed by atoms with Gasteiger partial charge in [-0.3, -0.25) is 9.78 Å². The van der Waals surface area contributed by atoms with Gasteiger partial charge in [-0.1, -0.05) is 5.16 Å². The lowest BCUT2D eigenvalue weighted by Gasteiger charge is -2.36. The van der Waals surface area contributed by atoms with Crippen LogP contribution in [0.3, 0.4) is 0 Å². The SMILES string of the molecule is Cc1noc(C)c1COc1ccc(C(=O)N2CCN(c3ccncc3)CC2)cc1. The highest BCUT2D eigenvalue weighted by molar-refractivity contribution is 5.94. The Hall–Kier alpha value is -3.35. The Morgan fingerprint density at radius 1 is 1.03 bits per heavy atom. The molecule has 1 fully saturated rings. The third kappa shape index (κ3) is 4.23. The lowest BCUT2D eigenvalue weighted by atomic mass is 10.1. The second kappa shape index (κ2) is 8.34. The third-order valence-electron chi connectivity index (χ3n) is 5.26. The largest absolute Gasteiger partial charge is 0.489 e. The monoisotopic (exact) mass is 392 g/mol. The van der Waals surface area contributed by atoms with Crippen molar-refractivity contribution in [3.8, 4) is 5.75 Å². The highest BCUT2D eigenvalue weighted by Crippen LogP contribution is 2.20. The molecular formula is C22H24N4O3. The number of nitrogens with zero attached hydrogens (tertiary/aromatic N) is 4. The van der Waals surface area contributed by atoms with E-state index in [1.807, 2.05) is 55.1 Å². The molecule has 3 heterocycles. The predicted molar refractivity (Wildman–Crippen MR) is 109 cm³/mol.